The fourth-order valence-corrected chi connectivity index (χ4v) is 2.36. The van der Waals surface area contributed by atoms with Crippen LogP contribution in [-0.2, 0) is 6.61 Å². The highest BCUT2D eigenvalue weighted by molar-refractivity contribution is 9.10. The van der Waals surface area contributed by atoms with E-state index in [9.17, 15) is 0 Å². The molecule has 1 aromatic carbocycles. The molecule has 1 heterocycles. The first-order valence-corrected chi connectivity index (χ1v) is 6.97. The zero-order chi connectivity index (χ0) is 13.8. The summed E-state index contributed by atoms with van der Waals surface area (Å²) in [4.78, 5) is 4.35. The lowest BCUT2D eigenvalue weighted by Crippen LogP contribution is -2.12. The molecule has 0 aliphatic rings. The Bertz CT molecular complexity index is 621. The summed E-state index contributed by atoms with van der Waals surface area (Å²) < 4.78 is 6.50. The van der Waals surface area contributed by atoms with E-state index in [0.29, 0.717) is 17.3 Å². The van der Waals surface area contributed by atoms with Crippen molar-refractivity contribution in [3.8, 4) is 5.75 Å². The molecule has 3 nitrogen and oxygen atoms in total. The highest BCUT2D eigenvalue weighted by Crippen LogP contribution is 2.28. The van der Waals surface area contributed by atoms with Crippen LogP contribution in [0.5, 0.6) is 5.75 Å². The Morgan fingerprint density at radius 3 is 2.84 bits per heavy atom. The van der Waals surface area contributed by atoms with Gasteiger partial charge in [0.25, 0.3) is 0 Å². The summed E-state index contributed by atoms with van der Waals surface area (Å²) in [6, 6.07) is 9.03. The number of nitrogens with zero attached hydrogens (tertiary/aromatic N) is 1. The van der Waals surface area contributed by atoms with Gasteiger partial charge in [0, 0.05) is 11.2 Å². The molecule has 2 N–H and O–H groups in total. The minimum Gasteiger partial charge on any atom is -0.488 e. The van der Waals surface area contributed by atoms with Crippen molar-refractivity contribution in [1.82, 2.24) is 4.98 Å². The standard InChI is InChI=1S/C13H10BrClN2OS/c14-10-6-9(15)1-2-12(10)18-7-8-3-4-17-11(5-8)13(16)19/h1-6H,7H2,(H2,16,19). The van der Waals surface area contributed by atoms with Gasteiger partial charge in [-0.2, -0.15) is 0 Å². The maximum atomic E-state index is 5.87. The molecule has 0 saturated heterocycles. The molecule has 98 valence electrons. The van der Waals surface area contributed by atoms with Crippen LogP contribution in [0.15, 0.2) is 41.0 Å². The molecule has 0 radical (unpaired) electrons. The van der Waals surface area contributed by atoms with E-state index in [2.05, 4.69) is 20.9 Å². The molecule has 0 bridgehead atoms. The van der Waals surface area contributed by atoms with Crippen molar-refractivity contribution in [1.29, 1.82) is 0 Å². The van der Waals surface area contributed by atoms with Crippen LogP contribution in [0.2, 0.25) is 5.02 Å². The zero-order valence-corrected chi connectivity index (χ0v) is 12.9. The number of aromatic nitrogens is 1. The molecule has 6 heteroatoms. The van der Waals surface area contributed by atoms with Gasteiger partial charge in [0.2, 0.25) is 0 Å². The summed E-state index contributed by atoms with van der Waals surface area (Å²) in [7, 11) is 0. The van der Waals surface area contributed by atoms with Crippen molar-refractivity contribution in [3.05, 3.63) is 57.3 Å². The molecule has 0 atom stereocenters. The van der Waals surface area contributed by atoms with Gasteiger partial charge in [-0.3, -0.25) is 4.98 Å². The lowest BCUT2D eigenvalue weighted by Gasteiger charge is -2.09. The predicted octanol–water partition coefficient (Wildman–Crippen LogP) is 3.71. The first-order chi connectivity index (χ1) is 9.06. The summed E-state index contributed by atoms with van der Waals surface area (Å²) in [6.45, 7) is 0.401. The predicted molar refractivity (Wildman–Crippen MR) is 83.6 cm³/mol. The number of rotatable bonds is 4. The fourth-order valence-electron chi connectivity index (χ4n) is 1.45. The molecule has 2 aromatic rings. The molecular formula is C13H10BrClN2OS. The summed E-state index contributed by atoms with van der Waals surface area (Å²) in [5, 5.41) is 0.652. The lowest BCUT2D eigenvalue weighted by atomic mass is 10.2. The summed E-state index contributed by atoms with van der Waals surface area (Å²) in [5.41, 5.74) is 7.07. The number of hydrogen-bond donors (Lipinski definition) is 1. The maximum Gasteiger partial charge on any atom is 0.134 e. The van der Waals surface area contributed by atoms with Gasteiger partial charge < -0.3 is 10.5 Å². The Morgan fingerprint density at radius 2 is 2.16 bits per heavy atom. The zero-order valence-electron chi connectivity index (χ0n) is 9.77. The first-order valence-electron chi connectivity index (χ1n) is 5.39. The normalized spacial score (nSPS) is 10.2. The van der Waals surface area contributed by atoms with Crippen molar-refractivity contribution in [2.24, 2.45) is 5.73 Å². The van der Waals surface area contributed by atoms with Crippen molar-refractivity contribution < 1.29 is 4.74 Å². The smallest absolute Gasteiger partial charge is 0.134 e. The topological polar surface area (TPSA) is 48.1 Å². The molecule has 0 fully saturated rings. The summed E-state index contributed by atoms with van der Waals surface area (Å²) >= 11 is 14.2. The Balaban J connectivity index is 2.10. The third-order valence-corrected chi connectivity index (χ3v) is 3.43. The average molecular weight is 358 g/mol. The highest BCUT2D eigenvalue weighted by atomic mass is 79.9. The van der Waals surface area contributed by atoms with Gasteiger partial charge in [0.05, 0.1) is 10.2 Å². The minimum absolute atomic E-state index is 0.273. The van der Waals surface area contributed by atoms with E-state index in [0.717, 1.165) is 15.8 Å². The van der Waals surface area contributed by atoms with E-state index in [1.54, 1.807) is 18.3 Å². The van der Waals surface area contributed by atoms with Crippen molar-refractivity contribution >= 4 is 44.7 Å². The molecule has 0 aliphatic heterocycles. The van der Waals surface area contributed by atoms with Crippen molar-refractivity contribution in [2.75, 3.05) is 0 Å². The SMILES string of the molecule is NC(=S)c1cc(COc2ccc(Cl)cc2Br)ccn1. The maximum absolute atomic E-state index is 5.87. The van der Waals surface area contributed by atoms with Crippen LogP contribution in [-0.4, -0.2) is 9.97 Å². The molecule has 0 unspecified atom stereocenters. The fraction of sp³-hybridized carbons (Fsp3) is 0.0769. The second-order valence-electron chi connectivity index (χ2n) is 3.78. The van der Waals surface area contributed by atoms with Crippen LogP contribution in [0.3, 0.4) is 0 Å². The van der Waals surface area contributed by atoms with E-state index in [-0.39, 0.29) is 4.99 Å². The molecule has 0 amide bonds. The number of nitrogens with two attached hydrogens (primary N) is 1. The number of halogens is 2. The molecule has 19 heavy (non-hydrogen) atoms. The number of pyridine rings is 1. The number of hydrogen-bond acceptors (Lipinski definition) is 3. The lowest BCUT2D eigenvalue weighted by molar-refractivity contribution is 0.304. The Labute approximate surface area is 129 Å². The number of thiocarbonyl (C=S) groups is 1. The van der Waals surface area contributed by atoms with E-state index < -0.39 is 0 Å². The van der Waals surface area contributed by atoms with E-state index >= 15 is 0 Å². The van der Waals surface area contributed by atoms with Crippen LogP contribution in [0.1, 0.15) is 11.3 Å². The van der Waals surface area contributed by atoms with E-state index in [4.69, 9.17) is 34.3 Å². The Kier molecular flexibility index (Phi) is 4.74. The third-order valence-electron chi connectivity index (χ3n) is 2.37. The Morgan fingerprint density at radius 1 is 1.37 bits per heavy atom. The van der Waals surface area contributed by atoms with Gasteiger partial charge in [-0.1, -0.05) is 23.8 Å². The largest absolute Gasteiger partial charge is 0.488 e. The number of benzene rings is 1. The van der Waals surface area contributed by atoms with Crippen LogP contribution in [0.25, 0.3) is 0 Å². The summed E-state index contributed by atoms with van der Waals surface area (Å²) in [6.07, 6.45) is 1.66. The highest BCUT2D eigenvalue weighted by Gasteiger charge is 2.04. The molecule has 0 spiro atoms. The van der Waals surface area contributed by atoms with E-state index in [1.165, 1.54) is 0 Å². The quantitative estimate of drug-likeness (QED) is 0.847. The summed E-state index contributed by atoms with van der Waals surface area (Å²) in [5.74, 6) is 0.720. The monoisotopic (exact) mass is 356 g/mol. The van der Waals surface area contributed by atoms with Gasteiger partial charge in [-0.05, 0) is 51.8 Å². The minimum atomic E-state index is 0.273. The van der Waals surface area contributed by atoms with Crippen LogP contribution < -0.4 is 10.5 Å². The van der Waals surface area contributed by atoms with Crippen LogP contribution in [0, 0.1) is 0 Å². The average Bonchev–Trinajstić information content (AvgIpc) is 2.38. The molecule has 1 aromatic heterocycles. The van der Waals surface area contributed by atoms with Gasteiger partial charge in [-0.25, -0.2) is 0 Å². The van der Waals surface area contributed by atoms with Gasteiger partial charge >= 0.3 is 0 Å². The van der Waals surface area contributed by atoms with Crippen molar-refractivity contribution in [2.45, 2.75) is 6.61 Å². The van der Waals surface area contributed by atoms with Gasteiger partial charge in [0.15, 0.2) is 0 Å². The third kappa shape index (κ3) is 3.89. The number of ether oxygens (including phenoxy) is 1. The van der Waals surface area contributed by atoms with Crippen LogP contribution >= 0.6 is 39.7 Å². The van der Waals surface area contributed by atoms with Gasteiger partial charge in [0.1, 0.15) is 17.3 Å². The molecule has 0 aliphatic carbocycles. The molecule has 0 saturated carbocycles. The Hall–Kier alpha value is -1.17. The van der Waals surface area contributed by atoms with E-state index in [1.807, 2.05) is 18.2 Å². The van der Waals surface area contributed by atoms with Gasteiger partial charge in [-0.15, -0.1) is 0 Å². The molecule has 2 rings (SSSR count). The van der Waals surface area contributed by atoms with Crippen LogP contribution in [0.4, 0.5) is 0 Å². The first kappa shape index (κ1) is 14.2. The molecular weight excluding hydrogens is 348 g/mol. The van der Waals surface area contributed by atoms with Crippen molar-refractivity contribution in [3.63, 3.8) is 0 Å². The second-order valence-corrected chi connectivity index (χ2v) is 5.51. The second kappa shape index (κ2) is 6.32.